The summed E-state index contributed by atoms with van der Waals surface area (Å²) < 4.78 is 26.5. The first-order valence-corrected chi connectivity index (χ1v) is 8.42. The third kappa shape index (κ3) is 3.71. The lowest BCUT2D eigenvalue weighted by atomic mass is 10.0. The summed E-state index contributed by atoms with van der Waals surface area (Å²) in [6.07, 6.45) is 0.425. The van der Waals surface area contributed by atoms with Gasteiger partial charge in [0.1, 0.15) is 0 Å². The third-order valence-corrected chi connectivity index (χ3v) is 5.21. The number of rotatable bonds is 3. The molecule has 3 nitrogen and oxygen atoms in total. The van der Waals surface area contributed by atoms with Crippen molar-refractivity contribution in [2.24, 2.45) is 5.92 Å². The van der Waals surface area contributed by atoms with E-state index in [0.717, 1.165) is 19.5 Å². The summed E-state index contributed by atoms with van der Waals surface area (Å²) in [7, 11) is 0. The number of carbonyl (C=O) groups excluding carboxylic acids is 1. The Morgan fingerprint density at radius 3 is 2.48 bits per heavy atom. The van der Waals surface area contributed by atoms with Gasteiger partial charge in [-0.05, 0) is 25.5 Å². The number of halogens is 2. The second-order valence-electron chi connectivity index (χ2n) is 6.75. The maximum Gasteiger partial charge on any atom is 0.251 e. The van der Waals surface area contributed by atoms with Crippen molar-refractivity contribution in [1.29, 1.82) is 0 Å². The van der Waals surface area contributed by atoms with Crippen LogP contribution in [0.25, 0.3) is 0 Å². The maximum atomic E-state index is 13.2. The number of amides is 1. The van der Waals surface area contributed by atoms with Gasteiger partial charge >= 0.3 is 0 Å². The van der Waals surface area contributed by atoms with Crippen LogP contribution in [0.1, 0.15) is 37.8 Å². The third-order valence-electron chi connectivity index (χ3n) is 5.21. The van der Waals surface area contributed by atoms with Crippen LogP contribution in [0.15, 0.2) is 30.3 Å². The number of benzene rings is 1. The van der Waals surface area contributed by atoms with Gasteiger partial charge < -0.3 is 4.90 Å². The Bertz CT molecular complexity index is 539. The smallest absolute Gasteiger partial charge is 0.251 e. The molecule has 2 saturated heterocycles. The predicted molar refractivity (Wildman–Crippen MR) is 85.3 cm³/mol. The fourth-order valence-corrected chi connectivity index (χ4v) is 3.60. The molecule has 2 aliphatic heterocycles. The van der Waals surface area contributed by atoms with E-state index in [2.05, 4.69) is 24.0 Å². The normalized spacial score (nSPS) is 26.2. The highest BCUT2D eigenvalue weighted by atomic mass is 19.3. The summed E-state index contributed by atoms with van der Waals surface area (Å²) >= 11 is 0. The highest BCUT2D eigenvalue weighted by Crippen LogP contribution is 2.31. The number of nitrogens with zero attached hydrogens (tertiary/aromatic N) is 2. The maximum absolute atomic E-state index is 13.2. The van der Waals surface area contributed by atoms with Crippen LogP contribution >= 0.6 is 0 Å². The first-order chi connectivity index (χ1) is 11.0. The quantitative estimate of drug-likeness (QED) is 0.852. The van der Waals surface area contributed by atoms with Crippen LogP contribution in [0.5, 0.6) is 0 Å². The van der Waals surface area contributed by atoms with Crippen LogP contribution in [0, 0.1) is 5.92 Å². The second kappa shape index (κ2) is 6.56. The van der Waals surface area contributed by atoms with Gasteiger partial charge in [0, 0.05) is 38.5 Å². The Kier molecular flexibility index (Phi) is 4.67. The molecule has 0 radical (unpaired) electrons. The van der Waals surface area contributed by atoms with Gasteiger partial charge in [0.25, 0.3) is 5.92 Å². The summed E-state index contributed by atoms with van der Waals surface area (Å²) in [5.41, 5.74) is 1.25. The van der Waals surface area contributed by atoms with Crippen LogP contribution in [-0.2, 0) is 4.79 Å². The van der Waals surface area contributed by atoms with E-state index in [1.54, 1.807) is 4.90 Å². The second-order valence-corrected chi connectivity index (χ2v) is 6.75. The minimum absolute atomic E-state index is 0.0483. The van der Waals surface area contributed by atoms with Gasteiger partial charge in [-0.3, -0.25) is 9.69 Å². The number of piperidine rings is 1. The van der Waals surface area contributed by atoms with E-state index < -0.39 is 5.92 Å². The Morgan fingerprint density at radius 1 is 1.17 bits per heavy atom. The van der Waals surface area contributed by atoms with Crippen molar-refractivity contribution in [3.63, 3.8) is 0 Å². The first-order valence-electron chi connectivity index (χ1n) is 8.42. The highest BCUT2D eigenvalue weighted by molar-refractivity contribution is 5.79. The molecule has 0 spiro atoms. The van der Waals surface area contributed by atoms with E-state index in [1.807, 2.05) is 18.2 Å². The average molecular weight is 322 g/mol. The van der Waals surface area contributed by atoms with E-state index in [-0.39, 0.29) is 43.8 Å². The SMILES string of the molecule is CC(c1ccccc1)N1CCC(C(=O)N2CCC(F)(F)CC2)C1. The number of hydrogen-bond acceptors (Lipinski definition) is 2. The molecule has 0 bridgehead atoms. The molecule has 126 valence electrons. The molecule has 1 amide bonds. The molecule has 2 heterocycles. The molecule has 2 aliphatic rings. The van der Waals surface area contributed by atoms with E-state index >= 15 is 0 Å². The van der Waals surface area contributed by atoms with Crippen LogP contribution in [-0.4, -0.2) is 47.8 Å². The molecular formula is C18H24F2N2O. The van der Waals surface area contributed by atoms with Gasteiger partial charge in [-0.2, -0.15) is 0 Å². The monoisotopic (exact) mass is 322 g/mol. The number of hydrogen-bond donors (Lipinski definition) is 0. The van der Waals surface area contributed by atoms with Gasteiger partial charge in [-0.15, -0.1) is 0 Å². The molecule has 0 N–H and O–H groups in total. The van der Waals surface area contributed by atoms with Crippen molar-refractivity contribution in [2.45, 2.75) is 38.2 Å². The van der Waals surface area contributed by atoms with Crippen molar-refractivity contribution in [2.75, 3.05) is 26.2 Å². The summed E-state index contributed by atoms with van der Waals surface area (Å²) in [5.74, 6) is -2.59. The van der Waals surface area contributed by atoms with Gasteiger partial charge in [-0.1, -0.05) is 30.3 Å². The zero-order valence-electron chi connectivity index (χ0n) is 13.5. The molecule has 2 atom stereocenters. The number of alkyl halides is 2. The zero-order valence-corrected chi connectivity index (χ0v) is 13.5. The first kappa shape index (κ1) is 16.4. The molecule has 23 heavy (non-hydrogen) atoms. The molecule has 0 aliphatic carbocycles. The van der Waals surface area contributed by atoms with Crippen molar-refractivity contribution in [1.82, 2.24) is 9.80 Å². The fraction of sp³-hybridized carbons (Fsp3) is 0.611. The van der Waals surface area contributed by atoms with E-state index in [9.17, 15) is 13.6 Å². The lowest BCUT2D eigenvalue weighted by Gasteiger charge is -2.33. The minimum atomic E-state index is -2.60. The summed E-state index contributed by atoms with van der Waals surface area (Å²) in [4.78, 5) is 16.5. The number of carbonyl (C=O) groups is 1. The Balaban J connectivity index is 1.56. The van der Waals surface area contributed by atoms with E-state index in [1.165, 1.54) is 5.56 Å². The Labute approximate surface area is 136 Å². The largest absolute Gasteiger partial charge is 0.342 e. The van der Waals surface area contributed by atoms with Gasteiger partial charge in [0.2, 0.25) is 5.91 Å². The van der Waals surface area contributed by atoms with Gasteiger partial charge in [-0.25, -0.2) is 8.78 Å². The summed E-state index contributed by atoms with van der Waals surface area (Å²) in [5, 5.41) is 0. The molecule has 5 heteroatoms. The fourth-order valence-electron chi connectivity index (χ4n) is 3.60. The molecule has 1 aromatic rings. The van der Waals surface area contributed by atoms with Crippen molar-refractivity contribution in [3.05, 3.63) is 35.9 Å². The van der Waals surface area contributed by atoms with E-state index in [4.69, 9.17) is 0 Å². The van der Waals surface area contributed by atoms with Crippen LogP contribution in [0.2, 0.25) is 0 Å². The lowest BCUT2D eigenvalue weighted by molar-refractivity contribution is -0.141. The summed E-state index contributed by atoms with van der Waals surface area (Å²) in [6, 6.07) is 10.5. The highest BCUT2D eigenvalue weighted by Gasteiger charge is 2.39. The van der Waals surface area contributed by atoms with Crippen LogP contribution in [0.3, 0.4) is 0 Å². The molecule has 1 aromatic carbocycles. The number of likely N-dealkylation sites (tertiary alicyclic amines) is 2. The van der Waals surface area contributed by atoms with Crippen LogP contribution in [0.4, 0.5) is 8.78 Å². The molecule has 3 rings (SSSR count). The Hall–Kier alpha value is -1.49. The van der Waals surface area contributed by atoms with E-state index in [0.29, 0.717) is 0 Å². The molecule has 2 unspecified atom stereocenters. The van der Waals surface area contributed by atoms with Crippen molar-refractivity contribution in [3.8, 4) is 0 Å². The van der Waals surface area contributed by atoms with Gasteiger partial charge in [0.15, 0.2) is 0 Å². The molecule has 0 saturated carbocycles. The van der Waals surface area contributed by atoms with Crippen molar-refractivity contribution < 1.29 is 13.6 Å². The Morgan fingerprint density at radius 2 is 1.83 bits per heavy atom. The topological polar surface area (TPSA) is 23.6 Å². The van der Waals surface area contributed by atoms with Gasteiger partial charge in [0.05, 0.1) is 5.92 Å². The molecule has 0 aromatic heterocycles. The lowest BCUT2D eigenvalue weighted by Crippen LogP contribution is -2.45. The zero-order chi connectivity index (χ0) is 16.4. The van der Waals surface area contributed by atoms with Crippen molar-refractivity contribution >= 4 is 5.91 Å². The standard InChI is InChI=1S/C18H24F2N2O/c1-14(15-5-3-2-4-6-15)22-10-7-16(13-22)17(23)21-11-8-18(19,20)9-12-21/h2-6,14,16H,7-13H2,1H3. The average Bonchev–Trinajstić information content (AvgIpc) is 3.04. The molecule has 2 fully saturated rings. The summed E-state index contributed by atoms with van der Waals surface area (Å²) in [6.45, 7) is 4.15. The molecular weight excluding hydrogens is 298 g/mol. The van der Waals surface area contributed by atoms with Crippen LogP contribution < -0.4 is 0 Å². The predicted octanol–water partition coefficient (Wildman–Crippen LogP) is 3.33. The minimum Gasteiger partial charge on any atom is -0.342 e.